The number of hydrogen-bond donors (Lipinski definition) is 3. The monoisotopic (exact) mass is 757 g/mol. The van der Waals surface area contributed by atoms with Crippen LogP contribution in [0.15, 0.2) is 76.3 Å². The molecule has 4 aromatic rings. The molecule has 0 bridgehead atoms. The highest BCUT2D eigenvalue weighted by Crippen LogP contribution is 2.34. The molecule has 0 aliphatic rings. The Morgan fingerprint density at radius 1 is 0.962 bits per heavy atom. The number of nitrogens with one attached hydrogen (secondary N) is 1. The fourth-order valence-electron chi connectivity index (χ4n) is 5.36. The van der Waals surface area contributed by atoms with E-state index in [1.807, 2.05) is 0 Å². The maximum absolute atomic E-state index is 15.6. The molecule has 1 heterocycles. The molecule has 3 aromatic carbocycles. The maximum atomic E-state index is 15.6. The number of carbonyl (C=O) groups excluding carboxylic acids is 1. The van der Waals surface area contributed by atoms with E-state index in [0.717, 1.165) is 21.3 Å². The van der Waals surface area contributed by atoms with Gasteiger partial charge in [-0.2, -0.15) is 21.6 Å². The van der Waals surface area contributed by atoms with Crippen LogP contribution in [0.25, 0.3) is 11.1 Å². The SMILES string of the molecule is CCOC(=O)CCCN[C@@H](Cn1c(=O)c(-c2cccc(OC)c2F)c(C)n(Cc2c(F)cccc2C(F)(F)F)c1=O)c1ccccc1.O=S(=O)(O)O. The van der Waals surface area contributed by atoms with E-state index in [4.69, 9.17) is 27.0 Å². The van der Waals surface area contributed by atoms with Crippen LogP contribution in [-0.2, 0) is 39.2 Å². The van der Waals surface area contributed by atoms with Gasteiger partial charge in [0.05, 0.1) is 44.0 Å². The van der Waals surface area contributed by atoms with Crippen LogP contribution in [-0.4, -0.2) is 52.9 Å². The molecule has 0 aliphatic carbocycles. The minimum atomic E-state index is -4.95. The molecule has 0 aliphatic heterocycles. The van der Waals surface area contributed by atoms with Crippen molar-refractivity contribution in [1.82, 2.24) is 14.5 Å². The number of esters is 1. The zero-order chi connectivity index (χ0) is 38.8. The molecule has 0 amide bonds. The fourth-order valence-corrected chi connectivity index (χ4v) is 5.36. The Bertz CT molecular complexity index is 2080. The van der Waals surface area contributed by atoms with Crippen LogP contribution in [0.4, 0.5) is 22.0 Å². The summed E-state index contributed by atoms with van der Waals surface area (Å²) in [6, 6.07) is 14.5. The van der Waals surface area contributed by atoms with Crippen LogP contribution >= 0.6 is 0 Å². The Morgan fingerprint density at radius 3 is 2.19 bits per heavy atom. The Balaban J connectivity index is 0.00000136. The van der Waals surface area contributed by atoms with Gasteiger partial charge in [0, 0.05) is 23.2 Å². The van der Waals surface area contributed by atoms with Crippen LogP contribution < -0.4 is 21.3 Å². The number of nitrogens with zero attached hydrogens (tertiary/aromatic N) is 2. The molecule has 282 valence electrons. The predicted octanol–water partition coefficient (Wildman–Crippen LogP) is 5.36. The molecule has 0 unspecified atom stereocenters. The summed E-state index contributed by atoms with van der Waals surface area (Å²) in [6.07, 6.45) is -4.47. The first kappa shape index (κ1) is 41.5. The van der Waals surface area contributed by atoms with Crippen molar-refractivity contribution >= 4 is 16.4 Å². The highest BCUT2D eigenvalue weighted by Gasteiger charge is 2.35. The van der Waals surface area contributed by atoms with Gasteiger partial charge >= 0.3 is 28.2 Å². The summed E-state index contributed by atoms with van der Waals surface area (Å²) in [6.45, 7) is 2.26. The molecule has 0 saturated carbocycles. The van der Waals surface area contributed by atoms with Crippen LogP contribution in [0.3, 0.4) is 0 Å². The van der Waals surface area contributed by atoms with Gasteiger partial charge in [-0.1, -0.05) is 48.5 Å². The lowest BCUT2D eigenvalue weighted by Crippen LogP contribution is -2.45. The highest BCUT2D eigenvalue weighted by atomic mass is 32.3. The van der Waals surface area contributed by atoms with Crippen molar-refractivity contribution in [3.8, 4) is 16.9 Å². The number of hydrogen-bond acceptors (Lipinski definition) is 8. The predicted molar refractivity (Wildman–Crippen MR) is 179 cm³/mol. The van der Waals surface area contributed by atoms with Crippen molar-refractivity contribution in [2.24, 2.45) is 0 Å². The maximum Gasteiger partial charge on any atom is 0.416 e. The second-order valence-electron chi connectivity index (χ2n) is 11.1. The van der Waals surface area contributed by atoms with Crippen molar-refractivity contribution in [3.05, 3.63) is 122 Å². The summed E-state index contributed by atoms with van der Waals surface area (Å²) < 4.78 is 116. The van der Waals surface area contributed by atoms with Gasteiger partial charge in [0.1, 0.15) is 5.82 Å². The van der Waals surface area contributed by atoms with E-state index in [1.54, 1.807) is 37.3 Å². The molecule has 0 radical (unpaired) electrons. The van der Waals surface area contributed by atoms with Crippen LogP contribution in [0.2, 0.25) is 0 Å². The third kappa shape index (κ3) is 11.0. The Kier molecular flexibility index (Phi) is 14.4. The zero-order valence-corrected chi connectivity index (χ0v) is 28.9. The Labute approximate surface area is 295 Å². The third-order valence-electron chi connectivity index (χ3n) is 7.70. The summed E-state index contributed by atoms with van der Waals surface area (Å²) in [5.74, 6) is -2.72. The Hall–Kier alpha value is -4.91. The van der Waals surface area contributed by atoms with Gasteiger partial charge in [-0.05, 0) is 50.6 Å². The standard InChI is InChI=1S/C34H34F5N3O5.H2O4S/c1-4-47-29(43)17-10-18-40-27(22-11-6-5-7-12-22)20-42-32(44)30(23-13-8-16-28(46-3)31(23)36)21(2)41(33(42)45)19-24-25(34(37,38)39)14-9-15-26(24)35;1-5(2,3)4/h5-9,11-16,27,40H,4,10,17-20H2,1-3H3;(H2,1,2,3,4)/t27-;/m0./s1. The number of ether oxygens (including phenoxy) is 2. The summed E-state index contributed by atoms with van der Waals surface area (Å²) in [4.78, 5) is 40.0. The highest BCUT2D eigenvalue weighted by molar-refractivity contribution is 7.79. The number of halogens is 5. The molecule has 3 N–H and O–H groups in total. The molecular weight excluding hydrogens is 721 g/mol. The van der Waals surface area contributed by atoms with E-state index in [0.29, 0.717) is 18.1 Å². The van der Waals surface area contributed by atoms with Gasteiger partial charge in [0.2, 0.25) is 0 Å². The fraction of sp³-hybridized carbons (Fsp3) is 0.324. The summed E-state index contributed by atoms with van der Waals surface area (Å²) in [5.41, 5.74) is -4.11. The van der Waals surface area contributed by atoms with Gasteiger partial charge < -0.3 is 14.8 Å². The second-order valence-corrected chi connectivity index (χ2v) is 12.0. The Morgan fingerprint density at radius 2 is 1.60 bits per heavy atom. The van der Waals surface area contributed by atoms with E-state index in [9.17, 15) is 27.6 Å². The third-order valence-corrected chi connectivity index (χ3v) is 7.70. The van der Waals surface area contributed by atoms with Gasteiger partial charge in [0.25, 0.3) is 5.56 Å². The largest absolute Gasteiger partial charge is 0.494 e. The molecule has 0 spiro atoms. The van der Waals surface area contributed by atoms with Crippen molar-refractivity contribution in [1.29, 1.82) is 0 Å². The summed E-state index contributed by atoms with van der Waals surface area (Å²) >= 11 is 0. The van der Waals surface area contributed by atoms with Gasteiger partial charge in [0.15, 0.2) is 11.6 Å². The first-order valence-electron chi connectivity index (χ1n) is 15.5. The van der Waals surface area contributed by atoms with E-state index in [1.165, 1.54) is 32.2 Å². The van der Waals surface area contributed by atoms with Crippen molar-refractivity contribution in [2.75, 3.05) is 20.3 Å². The normalized spacial score (nSPS) is 12.1. The first-order valence-corrected chi connectivity index (χ1v) is 16.9. The molecule has 18 heteroatoms. The summed E-state index contributed by atoms with van der Waals surface area (Å²) in [5, 5.41) is 3.23. The lowest BCUT2D eigenvalue weighted by atomic mass is 10.0. The minimum Gasteiger partial charge on any atom is -0.494 e. The van der Waals surface area contributed by atoms with Crippen LogP contribution in [0.5, 0.6) is 5.75 Å². The van der Waals surface area contributed by atoms with E-state index < -0.39 is 63.2 Å². The molecule has 0 saturated heterocycles. The number of alkyl halides is 3. The van der Waals surface area contributed by atoms with Crippen molar-refractivity contribution in [2.45, 2.75) is 52.0 Å². The first-order chi connectivity index (χ1) is 24.4. The minimum absolute atomic E-state index is 0.114. The quantitative estimate of drug-likeness (QED) is 0.0700. The molecule has 12 nitrogen and oxygen atoms in total. The lowest BCUT2D eigenvalue weighted by Gasteiger charge is -2.24. The van der Waals surface area contributed by atoms with E-state index in [2.05, 4.69) is 5.32 Å². The van der Waals surface area contributed by atoms with Crippen LogP contribution in [0.1, 0.15) is 48.2 Å². The van der Waals surface area contributed by atoms with Crippen molar-refractivity contribution < 1.29 is 53.7 Å². The molecule has 1 aromatic heterocycles. The second kappa shape index (κ2) is 18.0. The number of carbonyl (C=O) groups is 1. The molecule has 0 fully saturated rings. The average Bonchev–Trinajstić information content (AvgIpc) is 3.06. The van der Waals surface area contributed by atoms with Gasteiger partial charge in [-0.25, -0.2) is 13.6 Å². The number of rotatable bonds is 13. The van der Waals surface area contributed by atoms with Gasteiger partial charge in [-0.3, -0.25) is 27.8 Å². The van der Waals surface area contributed by atoms with E-state index >= 15 is 8.78 Å². The van der Waals surface area contributed by atoms with Crippen molar-refractivity contribution in [3.63, 3.8) is 0 Å². The molecule has 52 heavy (non-hydrogen) atoms. The summed E-state index contributed by atoms with van der Waals surface area (Å²) in [7, 11) is -3.44. The molecule has 4 rings (SSSR count). The lowest BCUT2D eigenvalue weighted by molar-refractivity contribution is -0.143. The molecule has 1 atom stereocenters. The number of aromatic nitrogens is 2. The smallest absolute Gasteiger partial charge is 0.416 e. The number of methoxy groups -OCH3 is 1. The topological polar surface area (TPSA) is 166 Å². The van der Waals surface area contributed by atoms with Crippen LogP contribution in [0, 0.1) is 18.6 Å². The van der Waals surface area contributed by atoms with E-state index in [-0.39, 0.29) is 54.7 Å². The zero-order valence-electron chi connectivity index (χ0n) is 28.1. The average molecular weight is 758 g/mol. The van der Waals surface area contributed by atoms with Gasteiger partial charge in [-0.15, -0.1) is 0 Å². The molecular formula is C34H36F5N3O9S. The number of benzene rings is 3.